The Morgan fingerprint density at radius 3 is 2.04 bits per heavy atom. The number of rotatable bonds is 5. The summed E-state index contributed by atoms with van der Waals surface area (Å²) in [5, 5.41) is 0. The molecule has 4 fully saturated rings. The lowest BCUT2D eigenvalue weighted by molar-refractivity contribution is 0.187. The van der Waals surface area contributed by atoms with Gasteiger partial charge in [0.15, 0.2) is 0 Å². The third kappa shape index (κ3) is 2.14. The van der Waals surface area contributed by atoms with Gasteiger partial charge in [-0.05, 0) is 110 Å². The summed E-state index contributed by atoms with van der Waals surface area (Å²) in [6.45, 7) is 9.35. The summed E-state index contributed by atoms with van der Waals surface area (Å²) in [6, 6.07) is 0. The lowest BCUT2D eigenvalue weighted by Gasteiger charge is -2.46. The van der Waals surface area contributed by atoms with E-state index >= 15 is 0 Å². The van der Waals surface area contributed by atoms with Gasteiger partial charge >= 0.3 is 0 Å². The molecule has 5 aliphatic carbocycles. The molecule has 5 rings (SSSR count). The average Bonchev–Trinajstić information content (AvgIpc) is 3.47. The normalized spacial score (nSPS) is 46.9. The van der Waals surface area contributed by atoms with Gasteiger partial charge in [-0.1, -0.05) is 51.0 Å². The molecule has 0 radical (unpaired) electrons. The van der Waals surface area contributed by atoms with Crippen LogP contribution in [0.4, 0.5) is 0 Å². The van der Waals surface area contributed by atoms with Crippen LogP contribution in [0.15, 0.2) is 35.5 Å². The molecule has 5 aliphatic rings. The van der Waals surface area contributed by atoms with Crippen molar-refractivity contribution in [3.05, 3.63) is 35.5 Å². The first-order valence-electron chi connectivity index (χ1n) is 11.7. The fourth-order valence-electron chi connectivity index (χ4n) is 8.85. The van der Waals surface area contributed by atoms with Gasteiger partial charge in [-0.25, -0.2) is 0 Å². The highest BCUT2D eigenvalue weighted by atomic mass is 14.6. The Bertz CT molecular complexity index is 664. The standard InChI is InChI=1S/C26H38/c1-4-22-23(25(5-2)16-18-10-12-20(25)14-18)8-7-9-24(22)26(6-3)17-19-11-13-21(26)15-19/h4,8,18-21H,1,5-7,9-17H2,2-3H3. The number of hydrogen-bond donors (Lipinski definition) is 0. The van der Waals surface area contributed by atoms with Gasteiger partial charge < -0.3 is 0 Å². The van der Waals surface area contributed by atoms with Crippen molar-refractivity contribution in [2.75, 3.05) is 0 Å². The van der Waals surface area contributed by atoms with Crippen molar-refractivity contribution >= 4 is 0 Å². The van der Waals surface area contributed by atoms with Crippen molar-refractivity contribution < 1.29 is 0 Å². The lowest BCUT2D eigenvalue weighted by atomic mass is 9.58. The van der Waals surface area contributed by atoms with Gasteiger partial charge in [0.1, 0.15) is 0 Å². The van der Waals surface area contributed by atoms with Crippen molar-refractivity contribution in [1.82, 2.24) is 0 Å². The van der Waals surface area contributed by atoms with E-state index in [4.69, 9.17) is 0 Å². The van der Waals surface area contributed by atoms with Crippen LogP contribution in [0, 0.1) is 34.5 Å². The molecule has 0 spiro atoms. The maximum Gasteiger partial charge on any atom is -0.00159 e. The molecule has 0 aliphatic heterocycles. The minimum atomic E-state index is 0.491. The van der Waals surface area contributed by atoms with E-state index in [1.165, 1.54) is 77.0 Å². The van der Waals surface area contributed by atoms with Gasteiger partial charge in [-0.3, -0.25) is 0 Å². The summed E-state index contributed by atoms with van der Waals surface area (Å²) in [5.74, 6) is 3.96. The molecule has 26 heavy (non-hydrogen) atoms. The highest BCUT2D eigenvalue weighted by molar-refractivity contribution is 5.52. The Hall–Kier alpha value is -0.780. The molecule has 0 aromatic carbocycles. The van der Waals surface area contributed by atoms with Gasteiger partial charge in [0.05, 0.1) is 0 Å². The van der Waals surface area contributed by atoms with Gasteiger partial charge in [-0.2, -0.15) is 0 Å². The van der Waals surface area contributed by atoms with Crippen LogP contribution in [-0.4, -0.2) is 0 Å². The number of fused-ring (bicyclic) bond motifs is 4. The van der Waals surface area contributed by atoms with Crippen LogP contribution >= 0.6 is 0 Å². The Kier molecular flexibility index (Phi) is 4.07. The molecule has 0 N–H and O–H groups in total. The van der Waals surface area contributed by atoms with E-state index < -0.39 is 0 Å². The molecule has 0 aromatic heterocycles. The molecule has 0 amide bonds. The van der Waals surface area contributed by atoms with Gasteiger partial charge in [0.2, 0.25) is 0 Å². The zero-order chi connectivity index (χ0) is 17.9. The van der Waals surface area contributed by atoms with Crippen LogP contribution in [0.2, 0.25) is 0 Å². The van der Waals surface area contributed by atoms with Crippen molar-refractivity contribution in [2.45, 2.75) is 90.9 Å². The molecule has 4 bridgehead atoms. The van der Waals surface area contributed by atoms with Crippen LogP contribution < -0.4 is 0 Å². The predicted molar refractivity (Wildman–Crippen MR) is 111 cm³/mol. The first-order chi connectivity index (χ1) is 12.7. The van der Waals surface area contributed by atoms with Crippen LogP contribution in [0.3, 0.4) is 0 Å². The second kappa shape index (κ2) is 6.11. The summed E-state index contributed by atoms with van der Waals surface area (Å²) in [5.41, 5.74) is 6.28. The molecule has 0 nitrogen and oxygen atoms in total. The zero-order valence-electron chi connectivity index (χ0n) is 17.2. The molecule has 6 unspecified atom stereocenters. The Morgan fingerprint density at radius 1 is 0.962 bits per heavy atom. The molecule has 6 atom stereocenters. The number of hydrogen-bond acceptors (Lipinski definition) is 0. The van der Waals surface area contributed by atoms with Crippen LogP contribution in [-0.2, 0) is 0 Å². The van der Waals surface area contributed by atoms with Gasteiger partial charge in [0.25, 0.3) is 0 Å². The minimum Gasteiger partial charge on any atom is -0.0985 e. The molecule has 4 saturated carbocycles. The summed E-state index contributed by atoms with van der Waals surface area (Å²) < 4.78 is 0. The Balaban J connectivity index is 1.60. The molecular formula is C26H38. The van der Waals surface area contributed by atoms with E-state index in [0.717, 1.165) is 23.7 Å². The summed E-state index contributed by atoms with van der Waals surface area (Å²) in [7, 11) is 0. The van der Waals surface area contributed by atoms with E-state index in [1.54, 1.807) is 11.1 Å². The van der Waals surface area contributed by atoms with E-state index in [2.05, 4.69) is 32.6 Å². The molecule has 142 valence electrons. The quantitative estimate of drug-likeness (QED) is 0.478. The topological polar surface area (TPSA) is 0 Å². The van der Waals surface area contributed by atoms with Crippen LogP contribution in [0.1, 0.15) is 90.9 Å². The summed E-state index contributed by atoms with van der Waals surface area (Å²) in [6.07, 6.45) is 22.2. The third-order valence-electron chi connectivity index (χ3n) is 9.91. The van der Waals surface area contributed by atoms with Crippen LogP contribution in [0.25, 0.3) is 0 Å². The summed E-state index contributed by atoms with van der Waals surface area (Å²) >= 11 is 0. The maximum atomic E-state index is 4.38. The SMILES string of the molecule is C=CC1=C(C2(CC)CC3CCC2C3)CCC=C1C1(CC)CC2CCC1C2. The molecule has 0 saturated heterocycles. The summed E-state index contributed by atoms with van der Waals surface area (Å²) in [4.78, 5) is 0. The lowest BCUT2D eigenvalue weighted by Crippen LogP contribution is -2.35. The Labute approximate surface area is 161 Å². The first-order valence-corrected chi connectivity index (χ1v) is 11.7. The largest absolute Gasteiger partial charge is 0.0985 e. The average molecular weight is 351 g/mol. The van der Waals surface area contributed by atoms with E-state index in [9.17, 15) is 0 Å². The third-order valence-corrected chi connectivity index (χ3v) is 9.91. The van der Waals surface area contributed by atoms with Crippen molar-refractivity contribution in [3.63, 3.8) is 0 Å². The smallest absolute Gasteiger partial charge is 0.00159 e. The highest BCUT2D eigenvalue weighted by Crippen LogP contribution is 2.66. The fraction of sp³-hybridized carbons (Fsp3) is 0.769. The first kappa shape index (κ1) is 17.3. The zero-order valence-corrected chi connectivity index (χ0v) is 17.2. The second-order valence-electron chi connectivity index (χ2n) is 10.4. The number of allylic oxidation sites excluding steroid dienone is 5. The molecule has 0 heteroatoms. The molecular weight excluding hydrogens is 312 g/mol. The van der Waals surface area contributed by atoms with Crippen molar-refractivity contribution in [3.8, 4) is 0 Å². The predicted octanol–water partition coefficient (Wildman–Crippen LogP) is 7.62. The van der Waals surface area contributed by atoms with E-state index in [1.807, 2.05) is 5.57 Å². The minimum absolute atomic E-state index is 0.491. The van der Waals surface area contributed by atoms with Gasteiger partial charge in [0, 0.05) is 0 Å². The van der Waals surface area contributed by atoms with Crippen molar-refractivity contribution in [2.24, 2.45) is 34.5 Å². The molecule has 0 heterocycles. The monoisotopic (exact) mass is 350 g/mol. The Morgan fingerprint density at radius 2 is 1.58 bits per heavy atom. The highest BCUT2D eigenvalue weighted by Gasteiger charge is 2.55. The van der Waals surface area contributed by atoms with Crippen LogP contribution in [0.5, 0.6) is 0 Å². The maximum absolute atomic E-state index is 4.38. The van der Waals surface area contributed by atoms with Crippen molar-refractivity contribution in [1.29, 1.82) is 0 Å². The fourth-order valence-corrected chi connectivity index (χ4v) is 8.85. The second-order valence-corrected chi connectivity index (χ2v) is 10.4. The van der Waals surface area contributed by atoms with E-state index in [0.29, 0.717) is 10.8 Å². The van der Waals surface area contributed by atoms with E-state index in [-0.39, 0.29) is 0 Å². The van der Waals surface area contributed by atoms with Gasteiger partial charge in [-0.15, -0.1) is 0 Å². The molecule has 0 aromatic rings.